The van der Waals surface area contributed by atoms with Gasteiger partial charge in [-0.1, -0.05) is 54.6 Å². The lowest BCUT2D eigenvalue weighted by atomic mass is 10.1. The molecule has 0 bridgehead atoms. The van der Waals surface area contributed by atoms with Gasteiger partial charge in [0.25, 0.3) is 0 Å². The normalized spacial score (nSPS) is 13.9. The molecule has 3 heterocycles. The molecule has 1 aliphatic heterocycles. The van der Waals surface area contributed by atoms with Crippen LogP contribution in [-0.4, -0.2) is 33.0 Å². The Morgan fingerprint density at radius 3 is 2.29 bits per heavy atom. The molecule has 5 aromatic rings. The Kier molecular flexibility index (Phi) is 4.31. The van der Waals surface area contributed by atoms with Gasteiger partial charge < -0.3 is 14.9 Å². The standard InChI is InChI=1S/C26H23N5/c1-2-8-18(9-3-1)24-17-27-25(30-24)20-10-4-5-11-21(20)26-28-22-13-12-19(16-23(22)29-26)31-14-6-7-15-31/h1-5,8-13,16-17H,6-7,14-15H2,(H,27,30)(H,28,29). The zero-order valence-corrected chi connectivity index (χ0v) is 17.2. The van der Waals surface area contributed by atoms with E-state index in [4.69, 9.17) is 4.98 Å². The van der Waals surface area contributed by atoms with Gasteiger partial charge in [-0.3, -0.25) is 0 Å². The number of fused-ring (bicyclic) bond motifs is 1. The van der Waals surface area contributed by atoms with Crippen molar-refractivity contribution in [3.8, 4) is 34.0 Å². The van der Waals surface area contributed by atoms with E-state index in [0.29, 0.717) is 0 Å². The third-order valence-electron chi connectivity index (χ3n) is 6.03. The molecule has 0 amide bonds. The SMILES string of the molecule is c1ccc(-c2cnc(-c3ccccc3-c3nc4ccc(N5CCCC5)cc4[nH]3)[nH]2)cc1. The van der Waals surface area contributed by atoms with Gasteiger partial charge in [0.2, 0.25) is 0 Å². The van der Waals surface area contributed by atoms with Crippen molar-refractivity contribution in [3.05, 3.63) is 79.0 Å². The number of benzene rings is 3. The third-order valence-corrected chi connectivity index (χ3v) is 6.03. The Labute approximate surface area is 180 Å². The van der Waals surface area contributed by atoms with Crippen LogP contribution >= 0.6 is 0 Å². The van der Waals surface area contributed by atoms with Crippen LogP contribution in [0.3, 0.4) is 0 Å². The summed E-state index contributed by atoms with van der Waals surface area (Å²) >= 11 is 0. The molecule has 1 fully saturated rings. The molecule has 0 atom stereocenters. The second kappa shape index (κ2) is 7.43. The van der Waals surface area contributed by atoms with Crippen LogP contribution in [0.25, 0.3) is 45.1 Å². The fraction of sp³-hybridized carbons (Fsp3) is 0.154. The minimum Gasteiger partial charge on any atom is -0.371 e. The van der Waals surface area contributed by atoms with Gasteiger partial charge in [-0.15, -0.1) is 0 Å². The monoisotopic (exact) mass is 405 g/mol. The summed E-state index contributed by atoms with van der Waals surface area (Å²) in [6, 6.07) is 25.1. The summed E-state index contributed by atoms with van der Waals surface area (Å²) in [5.74, 6) is 1.70. The first-order valence-electron chi connectivity index (χ1n) is 10.8. The predicted octanol–water partition coefficient (Wildman–Crippen LogP) is 5.89. The van der Waals surface area contributed by atoms with E-state index in [2.05, 4.69) is 62.3 Å². The van der Waals surface area contributed by atoms with Crippen LogP contribution in [0.4, 0.5) is 5.69 Å². The number of hydrogen-bond acceptors (Lipinski definition) is 3. The molecule has 1 saturated heterocycles. The maximum absolute atomic E-state index is 4.89. The molecule has 0 radical (unpaired) electrons. The minimum absolute atomic E-state index is 0.840. The zero-order chi connectivity index (χ0) is 20.6. The van der Waals surface area contributed by atoms with Crippen molar-refractivity contribution < 1.29 is 0 Å². The van der Waals surface area contributed by atoms with E-state index in [1.165, 1.54) is 18.5 Å². The smallest absolute Gasteiger partial charge is 0.139 e. The Balaban J connectivity index is 1.39. The summed E-state index contributed by atoms with van der Waals surface area (Å²) in [6.45, 7) is 2.27. The zero-order valence-electron chi connectivity index (χ0n) is 17.2. The first-order chi connectivity index (χ1) is 15.3. The van der Waals surface area contributed by atoms with Crippen LogP contribution < -0.4 is 4.90 Å². The summed E-state index contributed by atoms with van der Waals surface area (Å²) in [4.78, 5) is 19.0. The van der Waals surface area contributed by atoms with Crippen molar-refractivity contribution in [1.82, 2.24) is 19.9 Å². The maximum Gasteiger partial charge on any atom is 0.139 e. The van der Waals surface area contributed by atoms with Crippen LogP contribution in [-0.2, 0) is 0 Å². The van der Waals surface area contributed by atoms with E-state index in [9.17, 15) is 0 Å². The highest BCUT2D eigenvalue weighted by molar-refractivity contribution is 5.86. The topological polar surface area (TPSA) is 60.6 Å². The van der Waals surface area contributed by atoms with Crippen LogP contribution in [0.15, 0.2) is 79.0 Å². The molecule has 2 N–H and O–H groups in total. The lowest BCUT2D eigenvalue weighted by molar-refractivity contribution is 0.949. The number of hydrogen-bond donors (Lipinski definition) is 2. The molecule has 1 aliphatic rings. The van der Waals surface area contributed by atoms with Crippen LogP contribution in [0, 0.1) is 0 Å². The van der Waals surface area contributed by atoms with Crippen LogP contribution in [0.5, 0.6) is 0 Å². The van der Waals surface area contributed by atoms with E-state index < -0.39 is 0 Å². The fourth-order valence-electron chi connectivity index (χ4n) is 4.42. The number of H-pyrrole nitrogens is 2. The lowest BCUT2D eigenvalue weighted by Gasteiger charge is -2.17. The van der Waals surface area contributed by atoms with Crippen molar-refractivity contribution >= 4 is 16.7 Å². The largest absolute Gasteiger partial charge is 0.371 e. The van der Waals surface area contributed by atoms with E-state index in [1.54, 1.807) is 0 Å². The highest BCUT2D eigenvalue weighted by Gasteiger charge is 2.16. The van der Waals surface area contributed by atoms with E-state index in [0.717, 1.165) is 58.2 Å². The van der Waals surface area contributed by atoms with E-state index in [1.807, 2.05) is 36.5 Å². The van der Waals surface area contributed by atoms with Gasteiger partial charge in [0.1, 0.15) is 11.6 Å². The average molecular weight is 406 g/mol. The molecule has 152 valence electrons. The van der Waals surface area contributed by atoms with Crippen molar-refractivity contribution in [3.63, 3.8) is 0 Å². The molecule has 3 aromatic carbocycles. The quantitative estimate of drug-likeness (QED) is 0.392. The Morgan fingerprint density at radius 1 is 0.742 bits per heavy atom. The molecular weight excluding hydrogens is 382 g/mol. The van der Waals surface area contributed by atoms with Crippen LogP contribution in [0.2, 0.25) is 0 Å². The number of nitrogens with one attached hydrogen (secondary N) is 2. The number of imidazole rings is 2. The van der Waals surface area contributed by atoms with Gasteiger partial charge in [0, 0.05) is 29.9 Å². The number of aromatic amines is 2. The Hall–Kier alpha value is -3.86. The first kappa shape index (κ1) is 18.0. The second-order valence-corrected chi connectivity index (χ2v) is 8.04. The van der Waals surface area contributed by atoms with Gasteiger partial charge in [-0.2, -0.15) is 0 Å². The highest BCUT2D eigenvalue weighted by Crippen LogP contribution is 2.32. The van der Waals surface area contributed by atoms with Crippen molar-refractivity contribution in [1.29, 1.82) is 0 Å². The molecule has 0 saturated carbocycles. The molecule has 5 heteroatoms. The molecule has 5 nitrogen and oxygen atoms in total. The molecule has 6 rings (SSSR count). The Bertz CT molecular complexity index is 1340. The maximum atomic E-state index is 4.89. The third kappa shape index (κ3) is 3.28. The van der Waals surface area contributed by atoms with E-state index >= 15 is 0 Å². The highest BCUT2D eigenvalue weighted by atomic mass is 15.1. The van der Waals surface area contributed by atoms with Crippen LogP contribution in [0.1, 0.15) is 12.8 Å². The lowest BCUT2D eigenvalue weighted by Crippen LogP contribution is -2.17. The number of rotatable bonds is 4. The molecule has 0 aliphatic carbocycles. The average Bonchev–Trinajstić information content (AvgIpc) is 3.60. The van der Waals surface area contributed by atoms with Crippen molar-refractivity contribution in [2.24, 2.45) is 0 Å². The summed E-state index contributed by atoms with van der Waals surface area (Å²) in [5.41, 5.74) is 7.52. The van der Waals surface area contributed by atoms with Crippen molar-refractivity contribution in [2.75, 3.05) is 18.0 Å². The molecule has 2 aromatic heterocycles. The van der Waals surface area contributed by atoms with Gasteiger partial charge in [-0.05, 0) is 36.6 Å². The summed E-state index contributed by atoms with van der Waals surface area (Å²) in [7, 11) is 0. The number of nitrogens with zero attached hydrogens (tertiary/aromatic N) is 3. The minimum atomic E-state index is 0.840. The van der Waals surface area contributed by atoms with E-state index in [-0.39, 0.29) is 0 Å². The molecular formula is C26H23N5. The fourth-order valence-corrected chi connectivity index (χ4v) is 4.42. The van der Waals surface area contributed by atoms with Gasteiger partial charge >= 0.3 is 0 Å². The molecule has 0 unspecified atom stereocenters. The summed E-state index contributed by atoms with van der Waals surface area (Å²) < 4.78 is 0. The number of anilines is 1. The van der Waals surface area contributed by atoms with Crippen molar-refractivity contribution in [2.45, 2.75) is 12.8 Å². The predicted molar refractivity (Wildman–Crippen MR) is 126 cm³/mol. The number of aromatic nitrogens is 4. The summed E-state index contributed by atoms with van der Waals surface area (Å²) in [6.07, 6.45) is 4.43. The summed E-state index contributed by atoms with van der Waals surface area (Å²) in [5, 5.41) is 0. The second-order valence-electron chi connectivity index (χ2n) is 8.04. The first-order valence-corrected chi connectivity index (χ1v) is 10.8. The van der Waals surface area contributed by atoms with Gasteiger partial charge in [-0.25, -0.2) is 9.97 Å². The molecule has 0 spiro atoms. The van der Waals surface area contributed by atoms with Gasteiger partial charge in [0.15, 0.2) is 0 Å². The van der Waals surface area contributed by atoms with Gasteiger partial charge in [0.05, 0.1) is 22.9 Å². The molecule has 31 heavy (non-hydrogen) atoms. The Morgan fingerprint density at radius 2 is 1.48 bits per heavy atom.